The van der Waals surface area contributed by atoms with Crippen molar-refractivity contribution in [2.24, 2.45) is 0 Å². The Kier molecular flexibility index (Phi) is 63.9. The molecule has 6 heteroatoms. The zero-order valence-electron chi connectivity index (χ0n) is 52.5. The van der Waals surface area contributed by atoms with Crippen LogP contribution in [0.4, 0.5) is 0 Å². The molecule has 81 heavy (non-hydrogen) atoms. The Morgan fingerprint density at radius 2 is 0.481 bits per heavy atom. The molecule has 1 unspecified atom stereocenters. The average molecular weight is 1120 g/mol. The van der Waals surface area contributed by atoms with E-state index >= 15 is 0 Å². The van der Waals surface area contributed by atoms with Crippen molar-refractivity contribution in [2.45, 2.75) is 297 Å². The highest BCUT2D eigenvalue weighted by atomic mass is 16.6. The number of esters is 3. The summed E-state index contributed by atoms with van der Waals surface area (Å²) in [7, 11) is 0. The summed E-state index contributed by atoms with van der Waals surface area (Å²) in [5, 5.41) is 0. The van der Waals surface area contributed by atoms with Gasteiger partial charge in [-0.1, -0.05) is 276 Å². The number of allylic oxidation sites excluding steroid dienone is 24. The van der Waals surface area contributed by atoms with Gasteiger partial charge in [-0.2, -0.15) is 0 Å². The normalized spacial score (nSPS) is 13.1. The first-order valence-electron chi connectivity index (χ1n) is 33.3. The van der Waals surface area contributed by atoms with E-state index in [1.807, 2.05) is 0 Å². The lowest BCUT2D eigenvalue weighted by molar-refractivity contribution is -0.167. The lowest BCUT2D eigenvalue weighted by Crippen LogP contribution is -2.30. The first-order chi connectivity index (χ1) is 40.0. The molecule has 0 bridgehead atoms. The third kappa shape index (κ3) is 66.0. The van der Waals surface area contributed by atoms with Crippen LogP contribution in [0.3, 0.4) is 0 Å². The SMILES string of the molecule is CC/C=C\C/C=C\C/C=C\C/C=C\C/C=C\C/C=C\C/C=C\CCCCCC(=O)OCC(COC(=O)CCCCCCCCC/C=C\C/C=C\C/C=C\CC)OC(=O)CCCCCCCCCCC/C=C\C/C=C\CCCCCCC. The van der Waals surface area contributed by atoms with Crippen LogP contribution in [0.1, 0.15) is 290 Å². The molecule has 0 aromatic heterocycles. The molecule has 0 radical (unpaired) electrons. The van der Waals surface area contributed by atoms with Crippen molar-refractivity contribution in [1.82, 2.24) is 0 Å². The van der Waals surface area contributed by atoms with Crippen molar-refractivity contribution in [3.05, 3.63) is 146 Å². The fourth-order valence-corrected chi connectivity index (χ4v) is 8.88. The van der Waals surface area contributed by atoms with Crippen molar-refractivity contribution in [3.63, 3.8) is 0 Å². The maximum atomic E-state index is 12.9. The maximum Gasteiger partial charge on any atom is 0.306 e. The summed E-state index contributed by atoms with van der Waals surface area (Å²) in [4.78, 5) is 38.4. The molecule has 0 aromatic carbocycles. The topological polar surface area (TPSA) is 78.9 Å². The second-order valence-electron chi connectivity index (χ2n) is 21.6. The summed E-state index contributed by atoms with van der Waals surface area (Å²) < 4.78 is 16.9. The van der Waals surface area contributed by atoms with Gasteiger partial charge in [-0.15, -0.1) is 0 Å². The Balaban J connectivity index is 4.49. The minimum atomic E-state index is -0.807. The van der Waals surface area contributed by atoms with Gasteiger partial charge >= 0.3 is 17.9 Å². The van der Waals surface area contributed by atoms with Crippen LogP contribution in [0, 0.1) is 0 Å². The van der Waals surface area contributed by atoms with Crippen molar-refractivity contribution >= 4 is 17.9 Å². The molecule has 0 N–H and O–H groups in total. The Morgan fingerprint density at radius 1 is 0.259 bits per heavy atom. The molecule has 458 valence electrons. The maximum absolute atomic E-state index is 12.9. The second kappa shape index (κ2) is 67.8. The van der Waals surface area contributed by atoms with Crippen molar-refractivity contribution in [1.29, 1.82) is 0 Å². The summed E-state index contributed by atoms with van der Waals surface area (Å²) in [5.41, 5.74) is 0. The number of carbonyl (C=O) groups excluding carboxylic acids is 3. The number of hydrogen-bond acceptors (Lipinski definition) is 6. The van der Waals surface area contributed by atoms with Crippen molar-refractivity contribution in [2.75, 3.05) is 13.2 Å². The highest BCUT2D eigenvalue weighted by molar-refractivity contribution is 5.71. The summed E-state index contributed by atoms with van der Waals surface area (Å²) >= 11 is 0. The standard InChI is InChI=1S/C75H122O6/c1-4-7-10-13-16-19-22-25-28-31-33-35-36-37-38-40-41-44-47-50-53-56-59-62-65-68-74(77)80-71-72(70-79-73(76)67-64-61-58-55-52-49-46-43-30-27-24-21-18-15-12-9-6-3)81-75(78)69-66-63-60-57-54-51-48-45-42-39-34-32-29-26-23-20-17-14-11-8-5-2/h7,9-10,12,16,18-19,21,23,25-28,30,32-35,37-38,41,44,50,53,72H,4-6,8,11,13-15,17,20,22,24,29,31,36,39-40,42-43,45-49,51-52,54-71H2,1-3H3/b10-7-,12-9-,19-16-,21-18-,26-23-,28-25-,30-27-,34-32-,35-33-,38-37-,44-41-,53-50-. The summed E-state index contributed by atoms with van der Waals surface area (Å²) in [6, 6.07) is 0. The molecule has 0 aromatic rings. The van der Waals surface area contributed by atoms with Gasteiger partial charge in [0, 0.05) is 19.3 Å². The number of ether oxygens (including phenoxy) is 3. The predicted molar refractivity (Wildman–Crippen MR) is 352 cm³/mol. The molecule has 0 saturated heterocycles. The van der Waals surface area contributed by atoms with Gasteiger partial charge in [0.05, 0.1) is 0 Å². The minimum absolute atomic E-state index is 0.100. The van der Waals surface area contributed by atoms with Crippen molar-refractivity contribution in [3.8, 4) is 0 Å². The van der Waals surface area contributed by atoms with E-state index in [-0.39, 0.29) is 31.1 Å². The summed E-state index contributed by atoms with van der Waals surface area (Å²) in [5.74, 6) is -0.945. The molecule has 0 fully saturated rings. The van der Waals surface area contributed by atoms with Gasteiger partial charge in [0.1, 0.15) is 13.2 Å². The fourth-order valence-electron chi connectivity index (χ4n) is 8.88. The number of hydrogen-bond donors (Lipinski definition) is 0. The molecule has 0 aliphatic heterocycles. The van der Waals surface area contributed by atoms with Gasteiger partial charge in [-0.25, -0.2) is 0 Å². The van der Waals surface area contributed by atoms with E-state index in [4.69, 9.17) is 14.2 Å². The smallest absolute Gasteiger partial charge is 0.306 e. The van der Waals surface area contributed by atoms with E-state index < -0.39 is 6.10 Å². The predicted octanol–water partition coefficient (Wildman–Crippen LogP) is 23.1. The molecular weight excluding hydrogens is 997 g/mol. The largest absolute Gasteiger partial charge is 0.462 e. The Morgan fingerprint density at radius 3 is 0.765 bits per heavy atom. The van der Waals surface area contributed by atoms with Crippen LogP contribution < -0.4 is 0 Å². The Hall–Kier alpha value is -4.71. The lowest BCUT2D eigenvalue weighted by Gasteiger charge is -2.18. The molecule has 0 aliphatic carbocycles. The number of carbonyl (C=O) groups is 3. The van der Waals surface area contributed by atoms with E-state index in [0.717, 1.165) is 141 Å². The summed E-state index contributed by atoms with van der Waals surface area (Å²) in [6.45, 7) is 6.38. The Labute approximate surface area is 499 Å². The van der Waals surface area contributed by atoms with E-state index in [2.05, 4.69) is 167 Å². The van der Waals surface area contributed by atoms with Gasteiger partial charge < -0.3 is 14.2 Å². The van der Waals surface area contributed by atoms with Crippen LogP contribution in [0.15, 0.2) is 146 Å². The lowest BCUT2D eigenvalue weighted by atomic mass is 10.1. The molecule has 0 heterocycles. The van der Waals surface area contributed by atoms with Crippen LogP contribution in [0.5, 0.6) is 0 Å². The molecule has 0 amide bonds. The Bertz CT molecular complexity index is 1760. The van der Waals surface area contributed by atoms with Crippen LogP contribution in [0.2, 0.25) is 0 Å². The molecule has 1 atom stereocenters. The van der Waals surface area contributed by atoms with Crippen LogP contribution in [-0.2, 0) is 28.6 Å². The highest BCUT2D eigenvalue weighted by Crippen LogP contribution is 2.15. The molecular formula is C75H122O6. The first-order valence-corrected chi connectivity index (χ1v) is 33.3. The van der Waals surface area contributed by atoms with Gasteiger partial charge in [0.15, 0.2) is 6.10 Å². The first kappa shape index (κ1) is 76.3. The van der Waals surface area contributed by atoms with Gasteiger partial charge in [0.2, 0.25) is 0 Å². The number of unbranched alkanes of at least 4 members (excludes halogenated alkanes) is 24. The van der Waals surface area contributed by atoms with E-state index in [0.29, 0.717) is 19.3 Å². The molecule has 0 saturated carbocycles. The fraction of sp³-hybridized carbons (Fsp3) is 0.640. The van der Waals surface area contributed by atoms with Crippen molar-refractivity contribution < 1.29 is 28.6 Å². The zero-order chi connectivity index (χ0) is 58.5. The van der Waals surface area contributed by atoms with E-state index in [1.54, 1.807) is 0 Å². The van der Waals surface area contributed by atoms with Gasteiger partial charge in [0.25, 0.3) is 0 Å². The van der Waals surface area contributed by atoms with Gasteiger partial charge in [-0.05, 0) is 141 Å². The van der Waals surface area contributed by atoms with Crippen LogP contribution >= 0.6 is 0 Å². The van der Waals surface area contributed by atoms with E-state index in [1.165, 1.54) is 109 Å². The van der Waals surface area contributed by atoms with E-state index in [9.17, 15) is 14.4 Å². The quantitative estimate of drug-likeness (QED) is 0.0261. The third-order valence-corrected chi connectivity index (χ3v) is 13.8. The zero-order valence-corrected chi connectivity index (χ0v) is 52.5. The average Bonchev–Trinajstić information content (AvgIpc) is 3.47. The highest BCUT2D eigenvalue weighted by Gasteiger charge is 2.19. The second-order valence-corrected chi connectivity index (χ2v) is 21.6. The third-order valence-electron chi connectivity index (χ3n) is 13.8. The molecule has 0 spiro atoms. The molecule has 6 nitrogen and oxygen atoms in total. The minimum Gasteiger partial charge on any atom is -0.462 e. The molecule has 0 aliphatic rings. The van der Waals surface area contributed by atoms with Crippen LogP contribution in [-0.4, -0.2) is 37.2 Å². The monoisotopic (exact) mass is 1120 g/mol. The van der Waals surface area contributed by atoms with Crippen LogP contribution in [0.25, 0.3) is 0 Å². The number of rotatable bonds is 59. The van der Waals surface area contributed by atoms with Gasteiger partial charge in [-0.3, -0.25) is 14.4 Å². The summed E-state index contributed by atoms with van der Waals surface area (Å²) in [6.07, 6.45) is 97.1. The molecule has 0 rings (SSSR count).